The van der Waals surface area contributed by atoms with Crippen LogP contribution in [0, 0.1) is 0 Å². The summed E-state index contributed by atoms with van der Waals surface area (Å²) in [6.07, 6.45) is -2.96. The fraction of sp³-hybridized carbons (Fsp3) is 0.471. The second-order valence-electron chi connectivity index (χ2n) is 6.15. The summed E-state index contributed by atoms with van der Waals surface area (Å²) in [7, 11) is 0. The number of carbonyl (C=O) groups is 1. The van der Waals surface area contributed by atoms with E-state index >= 15 is 0 Å². The van der Waals surface area contributed by atoms with E-state index in [9.17, 15) is 18.0 Å². The van der Waals surface area contributed by atoms with Crippen molar-refractivity contribution in [1.29, 1.82) is 0 Å². The molecule has 1 N–H and O–H groups in total. The number of ether oxygens (including phenoxy) is 1. The maximum absolute atomic E-state index is 12.8. The third kappa shape index (κ3) is 4.21. The molecule has 1 amide bonds. The van der Waals surface area contributed by atoms with Crippen LogP contribution in [-0.4, -0.2) is 29.3 Å². The predicted octanol–water partition coefficient (Wildman–Crippen LogP) is 3.47. The fourth-order valence-corrected chi connectivity index (χ4v) is 2.76. The summed E-state index contributed by atoms with van der Waals surface area (Å²) in [6, 6.07) is 4.16. The molecule has 1 aromatic heterocycles. The minimum absolute atomic E-state index is 0.0543. The van der Waals surface area contributed by atoms with Crippen LogP contribution in [0.5, 0.6) is 0 Å². The SMILES string of the molecule is C[C@@H](NC(=O)c1nnc(C2CCOCC2)o1)c1cccc(C(F)(F)F)c1. The van der Waals surface area contributed by atoms with Gasteiger partial charge in [-0.3, -0.25) is 4.79 Å². The fourth-order valence-electron chi connectivity index (χ4n) is 2.76. The predicted molar refractivity (Wildman–Crippen MR) is 84.4 cm³/mol. The first-order valence-electron chi connectivity index (χ1n) is 8.24. The molecule has 6 nitrogen and oxygen atoms in total. The lowest BCUT2D eigenvalue weighted by molar-refractivity contribution is -0.137. The van der Waals surface area contributed by atoms with Gasteiger partial charge in [0.1, 0.15) is 0 Å². The van der Waals surface area contributed by atoms with Crippen LogP contribution in [0.1, 0.15) is 59.4 Å². The highest BCUT2D eigenvalue weighted by molar-refractivity contribution is 5.89. The van der Waals surface area contributed by atoms with Gasteiger partial charge in [0.2, 0.25) is 5.89 Å². The Bertz CT molecular complexity index is 770. The summed E-state index contributed by atoms with van der Waals surface area (Å²) in [4.78, 5) is 12.3. The molecule has 0 saturated carbocycles. The van der Waals surface area contributed by atoms with E-state index < -0.39 is 23.7 Å². The van der Waals surface area contributed by atoms with Gasteiger partial charge in [-0.05, 0) is 37.5 Å². The molecule has 26 heavy (non-hydrogen) atoms. The number of rotatable bonds is 4. The molecule has 1 fully saturated rings. The van der Waals surface area contributed by atoms with Crippen LogP contribution in [0.4, 0.5) is 13.2 Å². The monoisotopic (exact) mass is 369 g/mol. The van der Waals surface area contributed by atoms with E-state index in [2.05, 4.69) is 15.5 Å². The number of hydrogen-bond acceptors (Lipinski definition) is 5. The van der Waals surface area contributed by atoms with Crippen molar-refractivity contribution in [2.75, 3.05) is 13.2 Å². The number of alkyl halides is 3. The minimum Gasteiger partial charge on any atom is -0.417 e. The molecular weight excluding hydrogens is 351 g/mol. The number of benzene rings is 1. The van der Waals surface area contributed by atoms with Crippen molar-refractivity contribution in [3.8, 4) is 0 Å². The Kier molecular flexibility index (Phi) is 5.26. The Balaban J connectivity index is 1.67. The zero-order chi connectivity index (χ0) is 18.7. The van der Waals surface area contributed by atoms with E-state index in [0.717, 1.165) is 25.0 Å². The highest BCUT2D eigenvalue weighted by Gasteiger charge is 2.31. The Morgan fingerprint density at radius 3 is 2.69 bits per heavy atom. The summed E-state index contributed by atoms with van der Waals surface area (Å²) in [5.74, 6) is -0.394. The third-order valence-electron chi connectivity index (χ3n) is 4.27. The molecule has 1 aliphatic heterocycles. The molecule has 1 aliphatic rings. The summed E-state index contributed by atoms with van der Waals surface area (Å²) in [6.45, 7) is 2.78. The maximum atomic E-state index is 12.8. The van der Waals surface area contributed by atoms with E-state index in [1.54, 1.807) is 6.92 Å². The molecular formula is C17H18F3N3O3. The summed E-state index contributed by atoms with van der Waals surface area (Å²) < 4.78 is 49.1. The minimum atomic E-state index is -4.44. The van der Waals surface area contributed by atoms with E-state index in [1.807, 2.05) is 0 Å². The number of carbonyl (C=O) groups excluding carboxylic acids is 1. The van der Waals surface area contributed by atoms with Gasteiger partial charge in [0, 0.05) is 19.1 Å². The number of nitrogens with one attached hydrogen (secondary N) is 1. The number of amides is 1. The Morgan fingerprint density at radius 2 is 2.00 bits per heavy atom. The van der Waals surface area contributed by atoms with Gasteiger partial charge in [-0.25, -0.2) is 0 Å². The summed E-state index contributed by atoms with van der Waals surface area (Å²) in [5, 5.41) is 10.2. The molecule has 1 aromatic carbocycles. The quantitative estimate of drug-likeness (QED) is 0.893. The van der Waals surface area contributed by atoms with Crippen LogP contribution in [0.2, 0.25) is 0 Å². The molecule has 9 heteroatoms. The Labute approximate surface area is 147 Å². The van der Waals surface area contributed by atoms with Crippen molar-refractivity contribution in [2.45, 2.75) is 37.9 Å². The molecule has 0 radical (unpaired) electrons. The van der Waals surface area contributed by atoms with Gasteiger partial charge in [-0.2, -0.15) is 13.2 Å². The molecule has 3 rings (SSSR count). The van der Waals surface area contributed by atoms with Crippen LogP contribution in [0.3, 0.4) is 0 Å². The summed E-state index contributed by atoms with van der Waals surface area (Å²) in [5.41, 5.74) is -0.437. The Hall–Kier alpha value is -2.42. The summed E-state index contributed by atoms with van der Waals surface area (Å²) >= 11 is 0. The molecule has 140 valence electrons. The molecule has 2 aromatic rings. The average Bonchev–Trinajstić information content (AvgIpc) is 3.12. The first-order valence-corrected chi connectivity index (χ1v) is 8.24. The van der Waals surface area contributed by atoms with Crippen molar-refractivity contribution in [2.24, 2.45) is 0 Å². The second kappa shape index (κ2) is 7.45. The number of aromatic nitrogens is 2. The lowest BCUT2D eigenvalue weighted by Crippen LogP contribution is -2.27. The van der Waals surface area contributed by atoms with Gasteiger partial charge in [0.15, 0.2) is 0 Å². The van der Waals surface area contributed by atoms with Crippen molar-refractivity contribution in [3.63, 3.8) is 0 Å². The molecule has 2 heterocycles. The molecule has 0 bridgehead atoms. The molecule has 0 aliphatic carbocycles. The van der Waals surface area contributed by atoms with E-state index in [0.29, 0.717) is 24.7 Å². The smallest absolute Gasteiger partial charge is 0.416 e. The van der Waals surface area contributed by atoms with Crippen molar-refractivity contribution < 1.29 is 27.1 Å². The van der Waals surface area contributed by atoms with Gasteiger partial charge in [-0.1, -0.05) is 12.1 Å². The number of nitrogens with zero attached hydrogens (tertiary/aromatic N) is 2. The maximum Gasteiger partial charge on any atom is 0.416 e. The van der Waals surface area contributed by atoms with E-state index in [4.69, 9.17) is 9.15 Å². The first kappa shape index (κ1) is 18.4. The lowest BCUT2D eigenvalue weighted by Gasteiger charge is -2.18. The second-order valence-corrected chi connectivity index (χ2v) is 6.15. The standard InChI is InChI=1S/C17H18F3N3O3/c1-10(12-3-2-4-13(9-12)17(18,19)20)21-14(24)16-23-22-15(26-16)11-5-7-25-8-6-11/h2-4,9-11H,5-8H2,1H3,(H,21,24)/t10-/m1/s1. The molecule has 1 saturated heterocycles. The van der Waals surface area contributed by atoms with Gasteiger partial charge in [-0.15, -0.1) is 10.2 Å². The van der Waals surface area contributed by atoms with Crippen LogP contribution >= 0.6 is 0 Å². The molecule has 1 atom stereocenters. The van der Waals surface area contributed by atoms with E-state index in [1.165, 1.54) is 12.1 Å². The van der Waals surface area contributed by atoms with Crippen molar-refractivity contribution in [3.05, 3.63) is 47.2 Å². The number of hydrogen-bond donors (Lipinski definition) is 1. The van der Waals surface area contributed by atoms with Gasteiger partial charge < -0.3 is 14.5 Å². The zero-order valence-corrected chi connectivity index (χ0v) is 14.0. The lowest BCUT2D eigenvalue weighted by atomic mass is 10.0. The average molecular weight is 369 g/mol. The zero-order valence-electron chi connectivity index (χ0n) is 14.0. The van der Waals surface area contributed by atoms with Gasteiger partial charge >= 0.3 is 18.0 Å². The number of halogens is 3. The Morgan fingerprint density at radius 1 is 1.27 bits per heavy atom. The molecule has 0 spiro atoms. The third-order valence-corrected chi connectivity index (χ3v) is 4.27. The highest BCUT2D eigenvalue weighted by atomic mass is 19.4. The molecule has 0 unspecified atom stereocenters. The van der Waals surface area contributed by atoms with Crippen LogP contribution < -0.4 is 5.32 Å². The van der Waals surface area contributed by atoms with Gasteiger partial charge in [0.05, 0.1) is 11.6 Å². The van der Waals surface area contributed by atoms with Crippen molar-refractivity contribution in [1.82, 2.24) is 15.5 Å². The normalized spacial score (nSPS) is 17.1. The van der Waals surface area contributed by atoms with Crippen LogP contribution in [0.25, 0.3) is 0 Å². The van der Waals surface area contributed by atoms with Crippen LogP contribution in [0.15, 0.2) is 28.7 Å². The van der Waals surface area contributed by atoms with Crippen LogP contribution in [-0.2, 0) is 10.9 Å². The van der Waals surface area contributed by atoms with E-state index in [-0.39, 0.29) is 11.8 Å². The highest BCUT2D eigenvalue weighted by Crippen LogP contribution is 2.31. The topological polar surface area (TPSA) is 77.2 Å². The first-order chi connectivity index (χ1) is 12.3. The van der Waals surface area contributed by atoms with Crippen molar-refractivity contribution >= 4 is 5.91 Å². The largest absolute Gasteiger partial charge is 0.417 e. The van der Waals surface area contributed by atoms with Gasteiger partial charge in [0.25, 0.3) is 0 Å².